The second-order valence-electron chi connectivity index (χ2n) is 2.42. The minimum atomic E-state index is 0.826. The van der Waals surface area contributed by atoms with Crippen molar-refractivity contribution in [2.75, 3.05) is 0 Å². The molecule has 0 nitrogen and oxygen atoms in total. The van der Waals surface area contributed by atoms with Crippen molar-refractivity contribution in [2.24, 2.45) is 5.92 Å². The Kier molecular flexibility index (Phi) is 1.74. The van der Waals surface area contributed by atoms with Gasteiger partial charge in [0.15, 0.2) is 0 Å². The largest absolute Gasteiger partial charge is 0.0888 e. The molecule has 1 aliphatic carbocycles. The fourth-order valence-corrected chi connectivity index (χ4v) is 1.69. The minimum absolute atomic E-state index is 0.826. The van der Waals surface area contributed by atoms with E-state index in [1.807, 2.05) is 0 Å². The van der Waals surface area contributed by atoms with Crippen LogP contribution < -0.4 is 0 Å². The quantitative estimate of drug-likeness (QED) is 0.481. The molecule has 0 heterocycles. The van der Waals surface area contributed by atoms with Gasteiger partial charge in [-0.1, -0.05) is 29.3 Å². The second kappa shape index (κ2) is 2.17. The molecular formula is C6H11Br. The molecule has 0 aromatic rings. The number of hydrogen-bond donors (Lipinski definition) is 0. The van der Waals surface area contributed by atoms with E-state index in [4.69, 9.17) is 0 Å². The highest BCUT2D eigenvalue weighted by Crippen LogP contribution is 2.30. The Morgan fingerprint density at radius 3 is 2.29 bits per heavy atom. The van der Waals surface area contributed by atoms with Gasteiger partial charge in [-0.25, -0.2) is 0 Å². The van der Waals surface area contributed by atoms with Crippen LogP contribution >= 0.6 is 15.9 Å². The number of rotatable bonds is 0. The first-order valence-electron chi connectivity index (χ1n) is 2.95. The highest BCUT2D eigenvalue weighted by molar-refractivity contribution is 9.09. The molecule has 0 N–H and O–H groups in total. The van der Waals surface area contributed by atoms with Gasteiger partial charge in [-0.3, -0.25) is 0 Å². The summed E-state index contributed by atoms with van der Waals surface area (Å²) in [6, 6.07) is 0. The SMILES string of the molecule is C[C@H]1CCC[C@H]1Br. The van der Waals surface area contributed by atoms with Crippen molar-refractivity contribution in [1.82, 2.24) is 0 Å². The molecule has 0 saturated heterocycles. The lowest BCUT2D eigenvalue weighted by atomic mass is 10.1. The first kappa shape index (κ1) is 5.61. The van der Waals surface area contributed by atoms with Gasteiger partial charge in [-0.2, -0.15) is 0 Å². The lowest BCUT2D eigenvalue weighted by Crippen LogP contribution is -1.98. The van der Waals surface area contributed by atoms with Crippen LogP contribution in [0.1, 0.15) is 26.2 Å². The standard InChI is InChI=1S/C6H11Br/c1-5-3-2-4-6(5)7/h5-6H,2-4H2,1H3/t5-,6+/m0/s1. The molecule has 0 radical (unpaired) electrons. The van der Waals surface area contributed by atoms with Gasteiger partial charge < -0.3 is 0 Å². The van der Waals surface area contributed by atoms with Crippen molar-refractivity contribution in [3.63, 3.8) is 0 Å². The molecule has 7 heavy (non-hydrogen) atoms. The van der Waals surface area contributed by atoms with Gasteiger partial charge in [0.05, 0.1) is 0 Å². The Labute approximate surface area is 53.4 Å². The minimum Gasteiger partial charge on any atom is -0.0888 e. The van der Waals surface area contributed by atoms with Gasteiger partial charge in [-0.05, 0) is 18.8 Å². The average Bonchev–Trinajstić information content (AvgIpc) is 1.91. The first-order valence-corrected chi connectivity index (χ1v) is 3.86. The monoisotopic (exact) mass is 162 g/mol. The number of hydrogen-bond acceptors (Lipinski definition) is 0. The van der Waals surface area contributed by atoms with Gasteiger partial charge >= 0.3 is 0 Å². The van der Waals surface area contributed by atoms with Gasteiger partial charge in [0.1, 0.15) is 0 Å². The fraction of sp³-hybridized carbons (Fsp3) is 1.00. The second-order valence-corrected chi connectivity index (χ2v) is 3.60. The molecule has 1 rings (SSSR count). The van der Waals surface area contributed by atoms with Crippen LogP contribution in [0.4, 0.5) is 0 Å². The summed E-state index contributed by atoms with van der Waals surface area (Å²) >= 11 is 3.60. The van der Waals surface area contributed by atoms with Gasteiger partial charge in [-0.15, -0.1) is 0 Å². The predicted octanol–water partition coefficient (Wildman–Crippen LogP) is 2.57. The highest BCUT2D eigenvalue weighted by Gasteiger charge is 2.19. The Hall–Kier alpha value is 0.480. The molecule has 0 aliphatic heterocycles. The molecule has 0 bridgehead atoms. The summed E-state index contributed by atoms with van der Waals surface area (Å²) < 4.78 is 0. The van der Waals surface area contributed by atoms with Crippen molar-refractivity contribution in [3.8, 4) is 0 Å². The van der Waals surface area contributed by atoms with Crippen LogP contribution in [0.15, 0.2) is 0 Å². The third-order valence-corrected chi connectivity index (χ3v) is 3.12. The molecule has 0 aromatic carbocycles. The summed E-state index contributed by atoms with van der Waals surface area (Å²) in [6.07, 6.45) is 4.24. The summed E-state index contributed by atoms with van der Waals surface area (Å²) in [5.74, 6) is 0.931. The van der Waals surface area contributed by atoms with Gasteiger partial charge in [0, 0.05) is 4.83 Å². The normalized spacial score (nSPS) is 42.0. The van der Waals surface area contributed by atoms with E-state index >= 15 is 0 Å². The summed E-state index contributed by atoms with van der Waals surface area (Å²) in [6.45, 7) is 2.31. The van der Waals surface area contributed by atoms with Crippen molar-refractivity contribution in [2.45, 2.75) is 31.0 Å². The van der Waals surface area contributed by atoms with Crippen LogP contribution in [0.2, 0.25) is 0 Å². The van der Waals surface area contributed by atoms with Crippen LogP contribution in [0.5, 0.6) is 0 Å². The van der Waals surface area contributed by atoms with E-state index in [1.54, 1.807) is 0 Å². The molecule has 0 unspecified atom stereocenters. The Balaban J connectivity index is 2.33. The maximum Gasteiger partial charge on any atom is 0.0171 e. The summed E-state index contributed by atoms with van der Waals surface area (Å²) in [5.41, 5.74) is 0. The highest BCUT2D eigenvalue weighted by atomic mass is 79.9. The topological polar surface area (TPSA) is 0 Å². The maximum atomic E-state index is 3.60. The Morgan fingerprint density at radius 1 is 1.43 bits per heavy atom. The van der Waals surface area contributed by atoms with E-state index in [2.05, 4.69) is 22.9 Å². The lowest BCUT2D eigenvalue weighted by Gasteiger charge is -2.02. The molecule has 2 atom stereocenters. The van der Waals surface area contributed by atoms with Gasteiger partial charge in [0.25, 0.3) is 0 Å². The van der Waals surface area contributed by atoms with Crippen molar-refractivity contribution in [1.29, 1.82) is 0 Å². The lowest BCUT2D eigenvalue weighted by molar-refractivity contribution is 0.631. The van der Waals surface area contributed by atoms with Crippen LogP contribution in [-0.2, 0) is 0 Å². The molecular weight excluding hydrogens is 152 g/mol. The Morgan fingerprint density at radius 2 is 2.14 bits per heavy atom. The van der Waals surface area contributed by atoms with Gasteiger partial charge in [0.2, 0.25) is 0 Å². The zero-order valence-corrected chi connectivity index (χ0v) is 6.24. The average molecular weight is 163 g/mol. The van der Waals surface area contributed by atoms with E-state index < -0.39 is 0 Å². The molecule has 1 fully saturated rings. The van der Waals surface area contributed by atoms with Crippen molar-refractivity contribution < 1.29 is 0 Å². The molecule has 1 heteroatoms. The first-order chi connectivity index (χ1) is 3.30. The molecule has 0 spiro atoms. The Bertz CT molecular complexity index is 53.2. The van der Waals surface area contributed by atoms with E-state index in [0.717, 1.165) is 10.7 Å². The van der Waals surface area contributed by atoms with E-state index in [9.17, 15) is 0 Å². The summed E-state index contributed by atoms with van der Waals surface area (Å²) in [7, 11) is 0. The van der Waals surface area contributed by atoms with Crippen LogP contribution in [0, 0.1) is 5.92 Å². The molecule has 1 saturated carbocycles. The molecule has 0 aromatic heterocycles. The van der Waals surface area contributed by atoms with Crippen molar-refractivity contribution >= 4 is 15.9 Å². The summed E-state index contributed by atoms with van der Waals surface area (Å²) in [5, 5.41) is 0. The van der Waals surface area contributed by atoms with E-state index in [1.165, 1.54) is 19.3 Å². The predicted molar refractivity (Wildman–Crippen MR) is 35.7 cm³/mol. The van der Waals surface area contributed by atoms with Crippen LogP contribution in [0.3, 0.4) is 0 Å². The zero-order chi connectivity index (χ0) is 5.28. The third kappa shape index (κ3) is 1.18. The van der Waals surface area contributed by atoms with Crippen LogP contribution in [-0.4, -0.2) is 4.83 Å². The number of halogens is 1. The van der Waals surface area contributed by atoms with E-state index in [-0.39, 0.29) is 0 Å². The summed E-state index contributed by atoms with van der Waals surface area (Å²) in [4.78, 5) is 0.826. The zero-order valence-electron chi connectivity index (χ0n) is 4.65. The fourth-order valence-electron chi connectivity index (χ4n) is 1.10. The smallest absolute Gasteiger partial charge is 0.0171 e. The number of alkyl halides is 1. The third-order valence-electron chi connectivity index (χ3n) is 1.76. The van der Waals surface area contributed by atoms with E-state index in [0.29, 0.717) is 0 Å². The molecule has 42 valence electrons. The van der Waals surface area contributed by atoms with Crippen molar-refractivity contribution in [3.05, 3.63) is 0 Å². The molecule has 0 amide bonds. The van der Waals surface area contributed by atoms with Crippen LogP contribution in [0.25, 0.3) is 0 Å². The maximum absolute atomic E-state index is 3.60. The molecule has 1 aliphatic rings.